The first-order chi connectivity index (χ1) is 23.0. The molecule has 11 heteroatoms. The van der Waals surface area contributed by atoms with Crippen LogP contribution in [0, 0.1) is 11.7 Å². The fraction of sp³-hybridized carbons (Fsp3) is 0.297. The maximum Gasteiger partial charge on any atom is 0.264 e. The molecule has 8 nitrogen and oxygen atoms in total. The summed E-state index contributed by atoms with van der Waals surface area (Å²) in [7, 11) is -4.31. The van der Waals surface area contributed by atoms with Gasteiger partial charge in [-0.25, -0.2) is 12.8 Å². The lowest BCUT2D eigenvalue weighted by atomic mass is 10.0. The van der Waals surface area contributed by atoms with Crippen molar-refractivity contribution in [2.24, 2.45) is 5.92 Å². The molecular weight excluding hydrogens is 650 g/mol. The van der Waals surface area contributed by atoms with E-state index in [0.717, 1.165) is 14.8 Å². The molecule has 0 aromatic heterocycles. The molecular formula is C37H42FN3O5S2. The molecule has 0 radical (unpaired) electrons. The normalized spacial score (nSPS) is 12.0. The summed E-state index contributed by atoms with van der Waals surface area (Å²) in [5.74, 6) is -0.988. The maximum absolute atomic E-state index is 14.6. The van der Waals surface area contributed by atoms with Crippen LogP contribution in [0.2, 0.25) is 0 Å². The molecule has 0 aliphatic rings. The van der Waals surface area contributed by atoms with Gasteiger partial charge in [-0.15, -0.1) is 11.8 Å². The van der Waals surface area contributed by atoms with E-state index in [4.69, 9.17) is 4.74 Å². The van der Waals surface area contributed by atoms with Crippen molar-refractivity contribution in [1.29, 1.82) is 0 Å². The Morgan fingerprint density at radius 1 is 0.875 bits per heavy atom. The molecule has 1 N–H and O–H groups in total. The van der Waals surface area contributed by atoms with Crippen LogP contribution in [0.4, 0.5) is 10.1 Å². The molecule has 2 amide bonds. The fourth-order valence-corrected chi connectivity index (χ4v) is 6.92. The predicted molar refractivity (Wildman–Crippen MR) is 189 cm³/mol. The highest BCUT2D eigenvalue weighted by atomic mass is 32.2. The average Bonchev–Trinajstić information content (AvgIpc) is 3.09. The summed E-state index contributed by atoms with van der Waals surface area (Å²) >= 11 is 1.48. The Labute approximate surface area is 287 Å². The zero-order valence-electron chi connectivity index (χ0n) is 27.6. The van der Waals surface area contributed by atoms with Gasteiger partial charge in [0, 0.05) is 24.4 Å². The summed E-state index contributed by atoms with van der Waals surface area (Å²) in [6.45, 7) is 5.70. The molecule has 1 atom stereocenters. The summed E-state index contributed by atoms with van der Waals surface area (Å²) in [6.07, 6.45) is 2.07. The number of hydrogen-bond acceptors (Lipinski definition) is 6. The van der Waals surface area contributed by atoms with Gasteiger partial charge in [0.15, 0.2) is 0 Å². The molecule has 0 saturated heterocycles. The molecule has 0 heterocycles. The summed E-state index contributed by atoms with van der Waals surface area (Å²) in [4.78, 5) is 30.8. The number of hydrogen-bond donors (Lipinski definition) is 1. The Bertz CT molecular complexity index is 1750. The first-order valence-corrected chi connectivity index (χ1v) is 18.4. The first-order valence-electron chi connectivity index (χ1n) is 15.8. The van der Waals surface area contributed by atoms with E-state index >= 15 is 0 Å². The standard InChI is InChI=1S/C37H42FN3O5S2/c1-5-46-35-14-10-9-13-33(35)41(48(44,45)32-21-19-31(47-4)20-22-32)26-36(42)40(25-29-15-17-30(38)18-16-29)34(37(43)39-24-27(2)3)23-28-11-7-6-8-12-28/h6-22,27,34H,5,23-26H2,1-4H3,(H,39,43)/t34-/m1/s1. The van der Waals surface area contributed by atoms with Gasteiger partial charge >= 0.3 is 0 Å². The number of thioether (sulfide) groups is 1. The summed E-state index contributed by atoms with van der Waals surface area (Å²) < 4.78 is 49.5. The van der Waals surface area contributed by atoms with Crippen LogP contribution < -0.4 is 14.4 Å². The van der Waals surface area contributed by atoms with E-state index in [0.29, 0.717) is 12.1 Å². The minimum atomic E-state index is -4.31. The lowest BCUT2D eigenvalue weighted by Gasteiger charge is -2.34. The average molecular weight is 692 g/mol. The molecule has 4 aromatic carbocycles. The van der Waals surface area contributed by atoms with Gasteiger partial charge in [-0.05, 0) is 78.8 Å². The molecule has 0 saturated carbocycles. The number of amides is 2. The van der Waals surface area contributed by atoms with Crippen LogP contribution in [-0.2, 0) is 32.6 Å². The lowest BCUT2D eigenvalue weighted by molar-refractivity contribution is -0.140. The number of anilines is 1. The van der Waals surface area contributed by atoms with Crippen LogP contribution in [0.3, 0.4) is 0 Å². The molecule has 254 valence electrons. The quantitative estimate of drug-likeness (QED) is 0.134. The molecule has 0 aliphatic heterocycles. The van der Waals surface area contributed by atoms with Gasteiger partial charge in [-0.3, -0.25) is 13.9 Å². The highest BCUT2D eigenvalue weighted by molar-refractivity contribution is 7.98. The van der Waals surface area contributed by atoms with E-state index < -0.39 is 34.3 Å². The third kappa shape index (κ3) is 9.60. The monoisotopic (exact) mass is 691 g/mol. The van der Waals surface area contributed by atoms with Crippen LogP contribution in [0.5, 0.6) is 5.75 Å². The minimum Gasteiger partial charge on any atom is -0.492 e. The first kappa shape index (κ1) is 36.5. The fourth-order valence-electron chi connectivity index (χ4n) is 5.09. The zero-order valence-corrected chi connectivity index (χ0v) is 29.3. The van der Waals surface area contributed by atoms with E-state index in [1.165, 1.54) is 40.9 Å². The van der Waals surface area contributed by atoms with E-state index in [9.17, 15) is 22.4 Å². The van der Waals surface area contributed by atoms with E-state index in [-0.39, 0.29) is 47.7 Å². The van der Waals surface area contributed by atoms with Crippen molar-refractivity contribution in [2.75, 3.05) is 30.3 Å². The Kier molecular flexibility index (Phi) is 13.0. The van der Waals surface area contributed by atoms with E-state index in [2.05, 4.69) is 5.32 Å². The van der Waals surface area contributed by atoms with Crippen molar-refractivity contribution < 1.29 is 27.1 Å². The minimum absolute atomic E-state index is 0.00000174. The highest BCUT2D eigenvalue weighted by Crippen LogP contribution is 2.33. The molecule has 0 bridgehead atoms. The zero-order chi connectivity index (χ0) is 34.7. The predicted octanol–water partition coefficient (Wildman–Crippen LogP) is 6.55. The van der Waals surface area contributed by atoms with Crippen molar-refractivity contribution >= 4 is 39.3 Å². The molecule has 4 rings (SSSR count). The van der Waals surface area contributed by atoms with Gasteiger partial charge in [0.2, 0.25) is 11.8 Å². The Balaban J connectivity index is 1.83. The molecule has 0 spiro atoms. The van der Waals surface area contributed by atoms with Crippen molar-refractivity contribution in [3.05, 3.63) is 120 Å². The lowest BCUT2D eigenvalue weighted by Crippen LogP contribution is -2.53. The number of sulfonamides is 1. The highest BCUT2D eigenvalue weighted by Gasteiger charge is 2.35. The molecule has 4 aromatic rings. The van der Waals surface area contributed by atoms with E-state index in [1.807, 2.05) is 50.4 Å². The number of nitrogens with one attached hydrogen (secondary N) is 1. The summed E-state index contributed by atoms with van der Waals surface area (Å²) in [5.41, 5.74) is 1.59. The number of nitrogens with zero attached hydrogens (tertiary/aromatic N) is 2. The number of ether oxygens (including phenoxy) is 1. The summed E-state index contributed by atoms with van der Waals surface area (Å²) in [6, 6.07) is 27.1. The second kappa shape index (κ2) is 17.2. The third-order valence-electron chi connectivity index (χ3n) is 7.58. The largest absolute Gasteiger partial charge is 0.492 e. The number of carbonyl (C=O) groups is 2. The van der Waals surface area contributed by atoms with Crippen LogP contribution in [0.1, 0.15) is 31.9 Å². The summed E-state index contributed by atoms with van der Waals surface area (Å²) in [5, 5.41) is 2.96. The van der Waals surface area contributed by atoms with Crippen LogP contribution in [-0.4, -0.2) is 57.1 Å². The van der Waals surface area contributed by atoms with E-state index in [1.54, 1.807) is 55.5 Å². The SMILES string of the molecule is CCOc1ccccc1N(CC(=O)N(Cc1ccc(F)cc1)[C@H](Cc1ccccc1)C(=O)NCC(C)C)S(=O)(=O)c1ccc(SC)cc1. The van der Waals surface area contributed by atoms with Gasteiger partial charge in [0.05, 0.1) is 17.2 Å². The van der Waals surface area contributed by atoms with Gasteiger partial charge < -0.3 is 15.0 Å². The second-order valence-electron chi connectivity index (χ2n) is 11.6. The van der Waals surface area contributed by atoms with Gasteiger partial charge in [-0.2, -0.15) is 0 Å². The Morgan fingerprint density at radius 2 is 1.52 bits per heavy atom. The van der Waals surface area contributed by atoms with Crippen molar-refractivity contribution in [3.8, 4) is 5.75 Å². The Morgan fingerprint density at radius 3 is 2.15 bits per heavy atom. The number of para-hydroxylation sites is 2. The Hall–Kier alpha value is -4.35. The number of benzene rings is 4. The number of rotatable bonds is 16. The van der Waals surface area contributed by atoms with Crippen molar-refractivity contribution in [3.63, 3.8) is 0 Å². The number of halogens is 1. The maximum atomic E-state index is 14.6. The molecule has 0 fully saturated rings. The van der Waals surface area contributed by atoms with Gasteiger partial charge in [-0.1, -0.05) is 68.4 Å². The number of carbonyl (C=O) groups excluding carboxylic acids is 2. The van der Waals surface area contributed by atoms with Crippen LogP contribution in [0.25, 0.3) is 0 Å². The van der Waals surface area contributed by atoms with Crippen LogP contribution in [0.15, 0.2) is 113 Å². The molecule has 0 aliphatic carbocycles. The van der Waals surface area contributed by atoms with Gasteiger partial charge in [0.25, 0.3) is 10.0 Å². The van der Waals surface area contributed by atoms with Crippen molar-refractivity contribution in [1.82, 2.24) is 10.2 Å². The third-order valence-corrected chi connectivity index (χ3v) is 10.1. The molecule has 0 unspecified atom stereocenters. The second-order valence-corrected chi connectivity index (χ2v) is 14.3. The topological polar surface area (TPSA) is 96.0 Å². The van der Waals surface area contributed by atoms with Gasteiger partial charge in [0.1, 0.15) is 24.2 Å². The van der Waals surface area contributed by atoms with Crippen LogP contribution >= 0.6 is 11.8 Å². The smallest absolute Gasteiger partial charge is 0.264 e. The van der Waals surface area contributed by atoms with Crippen molar-refractivity contribution in [2.45, 2.75) is 49.6 Å². The molecule has 48 heavy (non-hydrogen) atoms.